The molecule has 0 aromatic heterocycles. The molecule has 1 heterocycles. The van der Waals surface area contributed by atoms with Crippen LogP contribution in [0.25, 0.3) is 0 Å². The second-order valence-electron chi connectivity index (χ2n) is 4.19. The number of nitrogens with zero attached hydrogens (tertiary/aromatic N) is 1. The van der Waals surface area contributed by atoms with E-state index >= 15 is 0 Å². The highest BCUT2D eigenvalue weighted by molar-refractivity contribution is 4.75. The number of rotatable bonds is 7. The summed E-state index contributed by atoms with van der Waals surface area (Å²) in [7, 11) is 3.81. The highest BCUT2D eigenvalue weighted by atomic mass is 16.5. The van der Waals surface area contributed by atoms with E-state index in [1.165, 1.54) is 38.9 Å². The number of nitrogens with one attached hydrogen (secondary N) is 1. The molecule has 84 valence electrons. The maximum Gasteiger partial charge on any atom is 0.0474 e. The lowest BCUT2D eigenvalue weighted by Gasteiger charge is -2.15. The van der Waals surface area contributed by atoms with E-state index in [1.54, 1.807) is 7.11 Å². The summed E-state index contributed by atoms with van der Waals surface area (Å²) in [5, 5.41) is 3.22. The topological polar surface area (TPSA) is 24.5 Å². The van der Waals surface area contributed by atoms with Crippen LogP contribution in [0.4, 0.5) is 0 Å². The van der Waals surface area contributed by atoms with Gasteiger partial charge in [0.2, 0.25) is 0 Å². The van der Waals surface area contributed by atoms with Crippen LogP contribution in [0.3, 0.4) is 0 Å². The van der Waals surface area contributed by atoms with Crippen LogP contribution in [0.15, 0.2) is 0 Å². The van der Waals surface area contributed by atoms with Gasteiger partial charge in [-0.1, -0.05) is 0 Å². The lowest BCUT2D eigenvalue weighted by molar-refractivity contribution is 0.178. The summed E-state index contributed by atoms with van der Waals surface area (Å²) in [4.78, 5) is 2.57. The van der Waals surface area contributed by atoms with Crippen molar-refractivity contribution < 1.29 is 4.74 Å². The van der Waals surface area contributed by atoms with E-state index in [1.807, 2.05) is 7.05 Å². The largest absolute Gasteiger partial charge is 0.385 e. The van der Waals surface area contributed by atoms with Crippen molar-refractivity contribution in [3.63, 3.8) is 0 Å². The smallest absolute Gasteiger partial charge is 0.0474 e. The lowest BCUT2D eigenvalue weighted by atomic mass is 10.1. The zero-order valence-corrected chi connectivity index (χ0v) is 9.59. The van der Waals surface area contributed by atoms with Gasteiger partial charge in [0, 0.05) is 26.8 Å². The molecule has 3 nitrogen and oxygen atoms in total. The van der Waals surface area contributed by atoms with Crippen LogP contribution in [-0.2, 0) is 4.74 Å². The summed E-state index contributed by atoms with van der Waals surface area (Å²) in [6.45, 7) is 5.86. The number of hydrogen-bond acceptors (Lipinski definition) is 3. The van der Waals surface area contributed by atoms with Crippen LogP contribution < -0.4 is 5.32 Å². The second-order valence-corrected chi connectivity index (χ2v) is 4.19. The maximum atomic E-state index is 5.06. The monoisotopic (exact) mass is 200 g/mol. The van der Waals surface area contributed by atoms with Gasteiger partial charge in [-0.3, -0.25) is 0 Å². The minimum absolute atomic E-state index is 0.900. The molecule has 1 aliphatic heterocycles. The zero-order chi connectivity index (χ0) is 10.2. The van der Waals surface area contributed by atoms with Crippen LogP contribution in [0, 0.1) is 5.92 Å². The molecule has 0 spiro atoms. The van der Waals surface area contributed by atoms with Crippen molar-refractivity contribution in [2.45, 2.75) is 19.3 Å². The van der Waals surface area contributed by atoms with E-state index in [2.05, 4.69) is 10.2 Å². The number of methoxy groups -OCH3 is 1. The highest BCUT2D eigenvalue weighted by Crippen LogP contribution is 2.18. The first-order valence-corrected chi connectivity index (χ1v) is 5.72. The number of likely N-dealkylation sites (tertiary alicyclic amines) is 1. The molecule has 0 bridgehead atoms. The summed E-state index contributed by atoms with van der Waals surface area (Å²) >= 11 is 0. The molecule has 0 aromatic carbocycles. The normalized spacial score (nSPS) is 23.1. The van der Waals surface area contributed by atoms with Crippen LogP contribution in [0.2, 0.25) is 0 Å². The van der Waals surface area contributed by atoms with E-state index in [-0.39, 0.29) is 0 Å². The van der Waals surface area contributed by atoms with Crippen molar-refractivity contribution in [1.29, 1.82) is 0 Å². The fraction of sp³-hybridized carbons (Fsp3) is 1.00. The van der Waals surface area contributed by atoms with Gasteiger partial charge in [-0.25, -0.2) is 0 Å². The van der Waals surface area contributed by atoms with Crippen molar-refractivity contribution in [2.24, 2.45) is 5.92 Å². The molecule has 0 saturated carbocycles. The first-order valence-electron chi connectivity index (χ1n) is 5.72. The zero-order valence-electron chi connectivity index (χ0n) is 9.59. The van der Waals surface area contributed by atoms with Crippen LogP contribution in [-0.4, -0.2) is 51.8 Å². The molecule has 3 heteroatoms. The number of hydrogen-bond donors (Lipinski definition) is 1. The van der Waals surface area contributed by atoms with E-state index in [0.717, 1.165) is 19.1 Å². The van der Waals surface area contributed by atoms with E-state index in [4.69, 9.17) is 4.74 Å². The van der Waals surface area contributed by atoms with Crippen molar-refractivity contribution in [1.82, 2.24) is 10.2 Å². The molecule has 1 saturated heterocycles. The van der Waals surface area contributed by atoms with E-state index in [9.17, 15) is 0 Å². The van der Waals surface area contributed by atoms with Gasteiger partial charge in [0.05, 0.1) is 0 Å². The van der Waals surface area contributed by atoms with E-state index < -0.39 is 0 Å². The Morgan fingerprint density at radius 3 is 3.07 bits per heavy atom. The first kappa shape index (κ1) is 12.0. The Kier molecular flexibility index (Phi) is 6.15. The van der Waals surface area contributed by atoms with Gasteiger partial charge in [-0.15, -0.1) is 0 Å². The molecular formula is C11H24N2O. The van der Waals surface area contributed by atoms with E-state index in [0.29, 0.717) is 0 Å². The summed E-state index contributed by atoms with van der Waals surface area (Å²) in [5.41, 5.74) is 0. The number of ether oxygens (including phenoxy) is 1. The summed E-state index contributed by atoms with van der Waals surface area (Å²) in [6, 6.07) is 0. The third-order valence-electron chi connectivity index (χ3n) is 3.00. The van der Waals surface area contributed by atoms with Crippen molar-refractivity contribution >= 4 is 0 Å². The SMILES string of the molecule is CNCCC1CCN(CCCOC)C1. The predicted octanol–water partition coefficient (Wildman–Crippen LogP) is 0.954. The van der Waals surface area contributed by atoms with Gasteiger partial charge >= 0.3 is 0 Å². The Bertz CT molecular complexity index is 141. The molecule has 14 heavy (non-hydrogen) atoms. The van der Waals surface area contributed by atoms with Gasteiger partial charge in [0.15, 0.2) is 0 Å². The molecule has 1 atom stereocenters. The molecule has 0 amide bonds. The quantitative estimate of drug-likeness (QED) is 0.619. The molecule has 0 aromatic rings. The molecule has 1 N–H and O–H groups in total. The first-order chi connectivity index (χ1) is 6.86. The fourth-order valence-corrected chi connectivity index (χ4v) is 2.13. The van der Waals surface area contributed by atoms with Gasteiger partial charge in [-0.2, -0.15) is 0 Å². The average Bonchev–Trinajstić information content (AvgIpc) is 2.63. The molecule has 1 fully saturated rings. The van der Waals surface area contributed by atoms with Crippen LogP contribution in [0.5, 0.6) is 0 Å². The summed E-state index contributed by atoms with van der Waals surface area (Å²) < 4.78 is 5.06. The van der Waals surface area contributed by atoms with Crippen molar-refractivity contribution in [3.8, 4) is 0 Å². The standard InChI is InChI=1S/C11H24N2O/c1-12-6-4-11-5-8-13(10-11)7-3-9-14-2/h11-12H,3-10H2,1-2H3. The van der Waals surface area contributed by atoms with Crippen LogP contribution in [0.1, 0.15) is 19.3 Å². The lowest BCUT2D eigenvalue weighted by Crippen LogP contribution is -2.23. The third-order valence-corrected chi connectivity index (χ3v) is 3.00. The minimum Gasteiger partial charge on any atom is -0.385 e. The molecule has 1 unspecified atom stereocenters. The predicted molar refractivity (Wildman–Crippen MR) is 59.6 cm³/mol. The molecule has 0 aliphatic carbocycles. The average molecular weight is 200 g/mol. The Morgan fingerprint density at radius 1 is 1.50 bits per heavy atom. The summed E-state index contributed by atoms with van der Waals surface area (Å²) in [6.07, 6.45) is 3.89. The molecule has 0 radical (unpaired) electrons. The fourth-order valence-electron chi connectivity index (χ4n) is 2.13. The van der Waals surface area contributed by atoms with Gasteiger partial charge < -0.3 is 15.0 Å². The highest BCUT2D eigenvalue weighted by Gasteiger charge is 2.20. The minimum atomic E-state index is 0.900. The third kappa shape index (κ3) is 4.40. The van der Waals surface area contributed by atoms with Gasteiger partial charge in [0.1, 0.15) is 0 Å². The van der Waals surface area contributed by atoms with Crippen molar-refractivity contribution in [2.75, 3.05) is 46.9 Å². The molecular weight excluding hydrogens is 176 g/mol. The van der Waals surface area contributed by atoms with Gasteiger partial charge in [-0.05, 0) is 45.3 Å². The Balaban J connectivity index is 2.02. The van der Waals surface area contributed by atoms with Crippen LogP contribution >= 0.6 is 0 Å². The Hall–Kier alpha value is -0.120. The molecule has 1 aliphatic rings. The second kappa shape index (κ2) is 7.21. The maximum absolute atomic E-state index is 5.06. The van der Waals surface area contributed by atoms with Gasteiger partial charge in [0.25, 0.3) is 0 Å². The Morgan fingerprint density at radius 2 is 2.36 bits per heavy atom. The summed E-state index contributed by atoms with van der Waals surface area (Å²) in [5.74, 6) is 0.921. The molecule has 1 rings (SSSR count). The van der Waals surface area contributed by atoms with Crippen molar-refractivity contribution in [3.05, 3.63) is 0 Å². The Labute approximate surface area is 87.8 Å².